The molecule has 1 saturated heterocycles. The van der Waals surface area contributed by atoms with Crippen molar-refractivity contribution in [1.29, 1.82) is 0 Å². The third kappa shape index (κ3) is 3.52. The smallest absolute Gasteiger partial charge is 0.268 e. The van der Waals surface area contributed by atoms with Gasteiger partial charge in [-0.1, -0.05) is 54.6 Å². The maximum Gasteiger partial charge on any atom is 0.293 e. The van der Waals surface area contributed by atoms with Gasteiger partial charge in [0.1, 0.15) is 0 Å². The quantitative estimate of drug-likeness (QED) is 0.567. The molecule has 0 N–H and O–H groups in total. The van der Waals surface area contributed by atoms with E-state index in [0.717, 1.165) is 10.0 Å². The van der Waals surface area contributed by atoms with Gasteiger partial charge in [-0.05, 0) is 36.4 Å². The molecule has 0 spiro atoms. The summed E-state index contributed by atoms with van der Waals surface area (Å²) in [5.74, 6) is -2.11. The topological polar surface area (TPSA) is 57.7 Å². The van der Waals surface area contributed by atoms with Crippen molar-refractivity contribution >= 4 is 34.0 Å². The molecule has 3 aromatic rings. The molecular weight excluding hydrogens is 403 g/mol. The second-order valence-corrected chi connectivity index (χ2v) is 8.39. The van der Waals surface area contributed by atoms with Gasteiger partial charge in [0.25, 0.3) is 17.5 Å². The molecule has 7 heteroatoms. The van der Waals surface area contributed by atoms with Crippen molar-refractivity contribution in [1.82, 2.24) is 0 Å². The second kappa shape index (κ2) is 8.20. The van der Waals surface area contributed by atoms with Gasteiger partial charge in [0.15, 0.2) is 0 Å². The standard InChI is InChI=1S/C23H19FN2O3S/c24-23(16-17-30(29)20-14-8-3-9-15-20)21(27)25(18-10-4-1-5-11-18)26(22(23)28)19-12-6-2-7-13-19/h1-15H,16-17H2. The van der Waals surface area contributed by atoms with E-state index in [1.54, 1.807) is 91.0 Å². The molecule has 0 radical (unpaired) electrons. The molecule has 1 atom stereocenters. The maximum absolute atomic E-state index is 15.9. The van der Waals surface area contributed by atoms with Crippen LogP contribution in [0.5, 0.6) is 0 Å². The van der Waals surface area contributed by atoms with E-state index >= 15 is 4.39 Å². The van der Waals surface area contributed by atoms with Crippen LogP contribution in [0.4, 0.5) is 15.8 Å². The number of carbonyl (C=O) groups excluding carboxylic acids is 2. The van der Waals surface area contributed by atoms with E-state index in [1.165, 1.54) is 0 Å². The Bertz CT molecular complexity index is 1020. The van der Waals surface area contributed by atoms with Gasteiger partial charge < -0.3 is 0 Å². The molecule has 1 unspecified atom stereocenters. The Balaban J connectivity index is 1.67. The SMILES string of the molecule is O=C1N(c2ccccc2)N(c2ccccc2)C(=O)C1(F)CCS(=O)c1ccccc1. The lowest BCUT2D eigenvalue weighted by molar-refractivity contribution is -0.136. The Hall–Kier alpha value is -3.32. The third-order valence-corrected chi connectivity index (χ3v) is 6.28. The van der Waals surface area contributed by atoms with Gasteiger partial charge in [0.2, 0.25) is 0 Å². The number of alkyl halides is 1. The third-order valence-electron chi connectivity index (χ3n) is 4.90. The zero-order valence-corrected chi connectivity index (χ0v) is 16.8. The molecule has 5 nitrogen and oxygen atoms in total. The summed E-state index contributed by atoms with van der Waals surface area (Å²) >= 11 is 0. The Morgan fingerprint density at radius 2 is 1.10 bits per heavy atom. The van der Waals surface area contributed by atoms with Crippen LogP contribution in [0.1, 0.15) is 6.42 Å². The molecule has 4 rings (SSSR count). The number of halogens is 1. The number of rotatable bonds is 6. The van der Waals surface area contributed by atoms with Crippen molar-refractivity contribution < 1.29 is 18.2 Å². The summed E-state index contributed by atoms with van der Waals surface area (Å²) < 4.78 is 28.5. The van der Waals surface area contributed by atoms with Gasteiger partial charge in [0.05, 0.1) is 22.2 Å². The van der Waals surface area contributed by atoms with E-state index in [0.29, 0.717) is 16.3 Å². The van der Waals surface area contributed by atoms with Crippen molar-refractivity contribution in [3.05, 3.63) is 91.0 Å². The van der Waals surface area contributed by atoms with Crippen LogP contribution in [0.15, 0.2) is 95.9 Å². The first-order valence-corrected chi connectivity index (χ1v) is 10.8. The summed E-state index contributed by atoms with van der Waals surface area (Å²) in [6.07, 6.45) is -0.473. The van der Waals surface area contributed by atoms with E-state index in [9.17, 15) is 13.8 Å². The van der Waals surface area contributed by atoms with Crippen molar-refractivity contribution in [3.8, 4) is 0 Å². The van der Waals surface area contributed by atoms with Crippen LogP contribution < -0.4 is 10.0 Å². The minimum absolute atomic E-state index is 0.150. The highest BCUT2D eigenvalue weighted by Crippen LogP contribution is 2.37. The Labute approximate surface area is 176 Å². The molecule has 1 fully saturated rings. The zero-order valence-electron chi connectivity index (χ0n) is 16.0. The van der Waals surface area contributed by atoms with Crippen molar-refractivity contribution in [3.63, 3.8) is 0 Å². The van der Waals surface area contributed by atoms with Gasteiger partial charge >= 0.3 is 0 Å². The number of nitrogens with zero attached hydrogens (tertiary/aromatic N) is 2. The molecule has 0 saturated carbocycles. The molecule has 0 aliphatic carbocycles. The van der Waals surface area contributed by atoms with Crippen LogP contribution in [0.3, 0.4) is 0 Å². The van der Waals surface area contributed by atoms with Crippen molar-refractivity contribution in [2.45, 2.75) is 17.0 Å². The Kier molecular flexibility index (Phi) is 5.46. The maximum atomic E-state index is 15.9. The number of carbonyl (C=O) groups is 2. The van der Waals surface area contributed by atoms with Gasteiger partial charge in [0, 0.05) is 17.1 Å². The zero-order chi connectivity index (χ0) is 21.1. The van der Waals surface area contributed by atoms with E-state index in [1.807, 2.05) is 0 Å². The predicted octanol–water partition coefficient (Wildman–Crippen LogP) is 3.89. The fraction of sp³-hybridized carbons (Fsp3) is 0.130. The predicted molar refractivity (Wildman–Crippen MR) is 114 cm³/mol. The van der Waals surface area contributed by atoms with Crippen LogP contribution in [-0.4, -0.2) is 27.4 Å². The molecule has 0 bridgehead atoms. The van der Waals surface area contributed by atoms with Gasteiger partial charge in [-0.15, -0.1) is 0 Å². The Morgan fingerprint density at radius 1 is 0.700 bits per heavy atom. The number of benzene rings is 3. The number of hydrogen-bond acceptors (Lipinski definition) is 3. The molecule has 152 valence electrons. The molecule has 30 heavy (non-hydrogen) atoms. The molecule has 1 heterocycles. The van der Waals surface area contributed by atoms with E-state index < -0.39 is 34.7 Å². The van der Waals surface area contributed by atoms with Crippen molar-refractivity contribution in [2.75, 3.05) is 15.8 Å². The van der Waals surface area contributed by atoms with Crippen LogP contribution in [0.25, 0.3) is 0 Å². The van der Waals surface area contributed by atoms with E-state index in [-0.39, 0.29) is 5.75 Å². The summed E-state index contributed by atoms with van der Waals surface area (Å²) in [4.78, 5) is 26.8. The highest BCUT2D eigenvalue weighted by atomic mass is 32.2. The van der Waals surface area contributed by atoms with Gasteiger partial charge in [-0.2, -0.15) is 0 Å². The monoisotopic (exact) mass is 422 g/mol. The summed E-state index contributed by atoms with van der Waals surface area (Å²) in [5, 5.41) is 2.12. The van der Waals surface area contributed by atoms with Crippen LogP contribution >= 0.6 is 0 Å². The first-order chi connectivity index (χ1) is 14.5. The summed E-state index contributed by atoms with van der Waals surface area (Å²) in [7, 11) is -1.53. The highest BCUT2D eigenvalue weighted by molar-refractivity contribution is 7.85. The molecular formula is C23H19FN2O3S. The molecule has 0 aromatic heterocycles. The minimum Gasteiger partial charge on any atom is -0.268 e. The van der Waals surface area contributed by atoms with Gasteiger partial charge in [-0.25, -0.2) is 14.4 Å². The second-order valence-electron chi connectivity index (χ2n) is 6.82. The number of anilines is 2. The first kappa shape index (κ1) is 20.0. The molecule has 2 amide bonds. The van der Waals surface area contributed by atoms with E-state index in [2.05, 4.69) is 0 Å². The lowest BCUT2D eigenvalue weighted by atomic mass is 10.0. The molecule has 1 aliphatic rings. The molecule has 3 aromatic carbocycles. The van der Waals surface area contributed by atoms with Crippen molar-refractivity contribution in [2.24, 2.45) is 0 Å². The summed E-state index contributed by atoms with van der Waals surface area (Å²) in [6, 6.07) is 25.5. The normalized spacial score (nSPS) is 16.7. The fourth-order valence-corrected chi connectivity index (χ4v) is 4.51. The number of hydrazine groups is 1. The number of amides is 2. The highest BCUT2D eigenvalue weighted by Gasteiger charge is 2.60. The van der Waals surface area contributed by atoms with Gasteiger partial charge in [-0.3, -0.25) is 13.8 Å². The summed E-state index contributed by atoms with van der Waals surface area (Å²) in [5.41, 5.74) is -2.04. The van der Waals surface area contributed by atoms with Crippen LogP contribution in [0.2, 0.25) is 0 Å². The Morgan fingerprint density at radius 3 is 1.53 bits per heavy atom. The largest absolute Gasteiger partial charge is 0.293 e. The lowest BCUT2D eigenvalue weighted by Gasteiger charge is -2.27. The minimum atomic E-state index is -2.80. The number of para-hydroxylation sites is 2. The van der Waals surface area contributed by atoms with Crippen LogP contribution in [0, 0.1) is 0 Å². The lowest BCUT2D eigenvalue weighted by Crippen LogP contribution is -2.41. The fourth-order valence-electron chi connectivity index (χ4n) is 3.35. The first-order valence-electron chi connectivity index (χ1n) is 9.44. The van der Waals surface area contributed by atoms with Crippen LogP contribution in [-0.2, 0) is 20.4 Å². The average Bonchev–Trinajstić information content (AvgIpc) is 3.00. The number of hydrogen-bond donors (Lipinski definition) is 0. The van der Waals surface area contributed by atoms with E-state index in [4.69, 9.17) is 0 Å². The summed E-state index contributed by atoms with van der Waals surface area (Å²) in [6.45, 7) is 0. The molecule has 1 aliphatic heterocycles. The average molecular weight is 422 g/mol.